The van der Waals surface area contributed by atoms with Crippen molar-refractivity contribution in [3.63, 3.8) is 0 Å². The summed E-state index contributed by atoms with van der Waals surface area (Å²) in [6.45, 7) is 6.27. The van der Waals surface area contributed by atoms with Crippen molar-refractivity contribution in [2.75, 3.05) is 0 Å². The van der Waals surface area contributed by atoms with Crippen molar-refractivity contribution < 1.29 is 9.84 Å². The summed E-state index contributed by atoms with van der Waals surface area (Å²) in [6.07, 6.45) is 10.9. The Morgan fingerprint density at radius 1 is 1.04 bits per heavy atom. The minimum Gasteiger partial charge on any atom is -0.489 e. The van der Waals surface area contributed by atoms with Crippen molar-refractivity contribution in [2.45, 2.75) is 88.3 Å². The lowest BCUT2D eigenvalue weighted by Gasteiger charge is -2.22. The second-order valence-electron chi connectivity index (χ2n) is 7.79. The first-order valence-corrected chi connectivity index (χ1v) is 12.4. The number of fused-ring (bicyclic) bond motifs is 1. The lowest BCUT2D eigenvalue weighted by atomic mass is 10.0. The van der Waals surface area contributed by atoms with Crippen molar-refractivity contribution in [2.24, 2.45) is 0 Å². The van der Waals surface area contributed by atoms with Gasteiger partial charge in [0.2, 0.25) is 0 Å². The van der Waals surface area contributed by atoms with Crippen LogP contribution in [0.5, 0.6) is 5.75 Å². The zero-order chi connectivity index (χ0) is 20.6. The van der Waals surface area contributed by atoms with Crippen LogP contribution in [0.2, 0.25) is 0 Å². The maximum absolute atomic E-state index is 11.0. The van der Waals surface area contributed by atoms with Gasteiger partial charge in [0.25, 0.3) is 0 Å². The van der Waals surface area contributed by atoms with Crippen LogP contribution in [0.15, 0.2) is 28.7 Å². The number of aliphatic hydroxyl groups is 1. The van der Waals surface area contributed by atoms with E-state index in [1.807, 2.05) is 38.1 Å². The molecule has 1 N–H and O–H groups in total. The van der Waals surface area contributed by atoms with Crippen LogP contribution in [0.4, 0.5) is 0 Å². The molecule has 156 valence electrons. The summed E-state index contributed by atoms with van der Waals surface area (Å²) >= 11 is 5.73. The zero-order valence-corrected chi connectivity index (χ0v) is 21.1. The van der Waals surface area contributed by atoms with Gasteiger partial charge in [0.05, 0.1) is 11.8 Å². The molecule has 0 spiro atoms. The molecule has 1 aromatic carbocycles. The van der Waals surface area contributed by atoms with Gasteiger partial charge in [0, 0.05) is 9.86 Å². The topological polar surface area (TPSA) is 42.4 Å². The fourth-order valence-electron chi connectivity index (χ4n) is 3.34. The van der Waals surface area contributed by atoms with Gasteiger partial charge in [0.15, 0.2) is 3.61 Å². The van der Waals surface area contributed by atoms with E-state index < -0.39 is 3.61 Å². The second kappa shape index (κ2) is 11.7. The minimum atomic E-state index is -0.953. The summed E-state index contributed by atoms with van der Waals surface area (Å²) in [4.78, 5) is 4.80. The first-order chi connectivity index (χ1) is 13.3. The summed E-state index contributed by atoms with van der Waals surface area (Å²) in [5.74, 6) is 0.759. The molecule has 1 heterocycles. The molecule has 0 aliphatic rings. The number of alkyl halides is 1. The SMILES string of the molecule is CCCCCCCCCCC(O)(I)c1ccc2c(Br)ccc(OC(C)C)c2n1. The molecule has 0 saturated carbocycles. The summed E-state index contributed by atoms with van der Waals surface area (Å²) in [7, 11) is 0. The Morgan fingerprint density at radius 2 is 1.68 bits per heavy atom. The zero-order valence-electron chi connectivity index (χ0n) is 17.3. The van der Waals surface area contributed by atoms with Gasteiger partial charge in [-0.2, -0.15) is 0 Å². The van der Waals surface area contributed by atoms with Crippen LogP contribution in [0.25, 0.3) is 10.9 Å². The third-order valence-electron chi connectivity index (χ3n) is 4.88. The fourth-order valence-corrected chi connectivity index (χ4v) is 4.47. The molecule has 0 amide bonds. The van der Waals surface area contributed by atoms with Crippen molar-refractivity contribution >= 4 is 49.4 Å². The third kappa shape index (κ3) is 7.13. The lowest BCUT2D eigenvalue weighted by Crippen LogP contribution is -2.19. The van der Waals surface area contributed by atoms with Crippen molar-refractivity contribution in [1.82, 2.24) is 4.98 Å². The van der Waals surface area contributed by atoms with Gasteiger partial charge >= 0.3 is 0 Å². The number of unbranched alkanes of at least 4 members (excludes halogenated alkanes) is 7. The molecule has 1 unspecified atom stereocenters. The van der Waals surface area contributed by atoms with Crippen LogP contribution in [-0.2, 0) is 3.61 Å². The number of nitrogens with zero attached hydrogens (tertiary/aromatic N) is 1. The molecule has 0 aliphatic heterocycles. The summed E-state index contributed by atoms with van der Waals surface area (Å²) in [6, 6.07) is 7.88. The van der Waals surface area contributed by atoms with Crippen LogP contribution < -0.4 is 4.74 Å². The van der Waals surface area contributed by atoms with E-state index in [0.717, 1.165) is 40.4 Å². The molecule has 0 aliphatic carbocycles. The fraction of sp³-hybridized carbons (Fsp3) is 0.609. The van der Waals surface area contributed by atoms with Crippen molar-refractivity contribution in [1.29, 1.82) is 0 Å². The Hall–Kier alpha value is -0.400. The van der Waals surface area contributed by atoms with Gasteiger partial charge in [-0.3, -0.25) is 0 Å². The Bertz CT molecular complexity index is 749. The molecule has 0 fully saturated rings. The van der Waals surface area contributed by atoms with Crippen molar-refractivity contribution in [3.8, 4) is 5.75 Å². The monoisotopic (exact) mass is 561 g/mol. The normalized spacial score (nSPS) is 13.8. The molecule has 5 heteroatoms. The predicted molar refractivity (Wildman–Crippen MR) is 130 cm³/mol. The number of halogens is 2. The van der Waals surface area contributed by atoms with E-state index >= 15 is 0 Å². The predicted octanol–water partition coefficient (Wildman–Crippen LogP) is 7.90. The van der Waals surface area contributed by atoms with E-state index in [9.17, 15) is 5.11 Å². The van der Waals surface area contributed by atoms with E-state index in [4.69, 9.17) is 9.72 Å². The molecule has 0 bridgehead atoms. The molecule has 1 atom stereocenters. The molecule has 0 saturated heterocycles. The van der Waals surface area contributed by atoms with E-state index in [1.54, 1.807) is 0 Å². The Kier molecular flexibility index (Phi) is 9.98. The van der Waals surface area contributed by atoms with Crippen LogP contribution in [0, 0.1) is 0 Å². The highest BCUT2D eigenvalue weighted by molar-refractivity contribution is 14.1. The van der Waals surface area contributed by atoms with Gasteiger partial charge in [-0.15, -0.1) is 0 Å². The quantitative estimate of drug-likeness (QED) is 0.163. The molecule has 2 aromatic rings. The average Bonchev–Trinajstić information content (AvgIpc) is 2.65. The standard InChI is InChI=1S/C23H33BrINO2/c1-4-5-6-7-8-9-10-11-16-23(25,27)21-15-12-18-19(24)13-14-20(22(18)26-21)28-17(2)3/h12-15,17,27H,4-11,16H2,1-3H3. The van der Waals surface area contributed by atoms with E-state index in [2.05, 4.69) is 45.4 Å². The van der Waals surface area contributed by atoms with Crippen LogP contribution in [-0.4, -0.2) is 16.2 Å². The number of hydrogen-bond donors (Lipinski definition) is 1. The number of rotatable bonds is 12. The second-order valence-corrected chi connectivity index (χ2v) is 10.4. The number of pyridine rings is 1. The Labute approximate surface area is 191 Å². The highest BCUT2D eigenvalue weighted by Crippen LogP contribution is 2.37. The number of hydrogen-bond acceptors (Lipinski definition) is 3. The van der Waals surface area contributed by atoms with Gasteiger partial charge < -0.3 is 9.84 Å². The summed E-state index contributed by atoms with van der Waals surface area (Å²) in [5, 5.41) is 12.0. The molecule has 28 heavy (non-hydrogen) atoms. The average molecular weight is 562 g/mol. The maximum atomic E-state index is 11.0. The molecule has 2 rings (SSSR count). The van der Waals surface area contributed by atoms with Gasteiger partial charge in [0.1, 0.15) is 11.3 Å². The lowest BCUT2D eigenvalue weighted by molar-refractivity contribution is 0.138. The third-order valence-corrected chi connectivity index (χ3v) is 6.67. The van der Waals surface area contributed by atoms with Gasteiger partial charge in [-0.1, -0.05) is 67.8 Å². The van der Waals surface area contributed by atoms with E-state index in [1.165, 1.54) is 38.5 Å². The largest absolute Gasteiger partial charge is 0.489 e. The smallest absolute Gasteiger partial charge is 0.157 e. The number of ether oxygens (including phenoxy) is 1. The molecular weight excluding hydrogens is 529 g/mol. The molecule has 3 nitrogen and oxygen atoms in total. The van der Waals surface area contributed by atoms with Crippen LogP contribution >= 0.6 is 38.5 Å². The maximum Gasteiger partial charge on any atom is 0.157 e. The number of aromatic nitrogens is 1. The van der Waals surface area contributed by atoms with Crippen LogP contribution in [0.1, 0.15) is 84.3 Å². The summed E-state index contributed by atoms with van der Waals surface area (Å²) < 4.78 is 5.97. The van der Waals surface area contributed by atoms with Crippen LogP contribution in [0.3, 0.4) is 0 Å². The number of benzene rings is 1. The molecule has 1 aromatic heterocycles. The Balaban J connectivity index is 2.02. The highest BCUT2D eigenvalue weighted by atomic mass is 127. The van der Waals surface area contributed by atoms with Crippen molar-refractivity contribution in [3.05, 3.63) is 34.4 Å². The van der Waals surface area contributed by atoms with E-state index in [-0.39, 0.29) is 6.10 Å². The van der Waals surface area contributed by atoms with E-state index in [0.29, 0.717) is 5.69 Å². The minimum absolute atomic E-state index is 0.0747. The summed E-state index contributed by atoms with van der Waals surface area (Å²) in [5.41, 5.74) is 1.50. The van der Waals surface area contributed by atoms with Gasteiger partial charge in [-0.05, 0) is 73.5 Å². The first-order valence-electron chi connectivity index (χ1n) is 10.5. The van der Waals surface area contributed by atoms with Gasteiger partial charge in [-0.25, -0.2) is 4.98 Å². The Morgan fingerprint density at radius 3 is 2.32 bits per heavy atom. The first kappa shape index (κ1) is 23.9. The highest BCUT2D eigenvalue weighted by Gasteiger charge is 2.27. The molecule has 0 radical (unpaired) electrons. The molecular formula is C23H33BrINO2.